The normalized spacial score (nSPS) is 23.7. The number of methoxy groups -OCH3 is 1. The molecule has 0 aromatic carbocycles. The van der Waals surface area contributed by atoms with Gasteiger partial charge in [0.15, 0.2) is 0 Å². The Bertz CT molecular complexity index is 405. The smallest absolute Gasteiger partial charge is 0.232 e. The van der Waals surface area contributed by atoms with E-state index in [9.17, 15) is 0 Å². The average Bonchev–Trinajstić information content (AvgIpc) is 2.41. The van der Waals surface area contributed by atoms with Gasteiger partial charge in [-0.2, -0.15) is 16.7 Å². The summed E-state index contributed by atoms with van der Waals surface area (Å²) in [6.07, 6.45) is 8.97. The fourth-order valence-electron chi connectivity index (χ4n) is 2.27. The van der Waals surface area contributed by atoms with E-state index < -0.39 is 0 Å². The van der Waals surface area contributed by atoms with Crippen molar-refractivity contribution < 1.29 is 4.74 Å². The van der Waals surface area contributed by atoms with Gasteiger partial charge in [-0.1, -0.05) is 12.8 Å². The third kappa shape index (κ3) is 3.29. The van der Waals surface area contributed by atoms with Crippen LogP contribution < -0.4 is 10.1 Å². The summed E-state index contributed by atoms with van der Waals surface area (Å²) in [5.74, 6) is 1.23. The van der Waals surface area contributed by atoms with Crippen LogP contribution in [0.1, 0.15) is 25.7 Å². The van der Waals surface area contributed by atoms with E-state index in [1.807, 2.05) is 11.8 Å². The lowest BCUT2D eigenvalue weighted by Crippen LogP contribution is -2.34. The minimum atomic E-state index is 0.458. The van der Waals surface area contributed by atoms with E-state index in [-0.39, 0.29) is 0 Å². The van der Waals surface area contributed by atoms with Crippen molar-refractivity contribution in [3.63, 3.8) is 0 Å². The molecule has 1 aliphatic carbocycles. The van der Waals surface area contributed by atoms with Crippen molar-refractivity contribution in [2.75, 3.05) is 18.7 Å². The second kappa shape index (κ2) is 6.61. The van der Waals surface area contributed by atoms with Crippen LogP contribution in [0.15, 0.2) is 10.7 Å². The molecule has 4 nitrogen and oxygen atoms in total. The Morgan fingerprint density at radius 3 is 2.94 bits per heavy atom. The summed E-state index contributed by atoms with van der Waals surface area (Å²) in [5.41, 5.74) is 0. The highest BCUT2D eigenvalue weighted by Gasteiger charge is 2.25. The van der Waals surface area contributed by atoms with Crippen LogP contribution >= 0.6 is 27.7 Å². The van der Waals surface area contributed by atoms with Gasteiger partial charge in [-0.05, 0) is 35.0 Å². The lowest BCUT2D eigenvalue weighted by Gasteiger charge is -2.30. The molecule has 100 valence electrons. The van der Waals surface area contributed by atoms with Crippen LogP contribution in [0.25, 0.3) is 0 Å². The van der Waals surface area contributed by atoms with Crippen molar-refractivity contribution in [3.05, 3.63) is 10.7 Å². The predicted molar refractivity (Wildman–Crippen MR) is 79.5 cm³/mol. The van der Waals surface area contributed by atoms with Crippen molar-refractivity contribution in [1.29, 1.82) is 0 Å². The Morgan fingerprint density at radius 2 is 2.22 bits per heavy atom. The number of anilines is 1. The van der Waals surface area contributed by atoms with Crippen molar-refractivity contribution in [2.24, 2.45) is 0 Å². The number of nitrogens with one attached hydrogen (secondary N) is 1. The number of hydrogen-bond donors (Lipinski definition) is 1. The Morgan fingerprint density at radius 1 is 1.44 bits per heavy atom. The highest BCUT2D eigenvalue weighted by molar-refractivity contribution is 9.10. The molecule has 1 aromatic heterocycles. The minimum Gasteiger partial charge on any atom is -0.480 e. The summed E-state index contributed by atoms with van der Waals surface area (Å²) in [7, 11) is 1.61. The molecule has 2 atom stereocenters. The summed E-state index contributed by atoms with van der Waals surface area (Å²) in [4.78, 5) is 8.64. The van der Waals surface area contributed by atoms with Crippen LogP contribution in [0.5, 0.6) is 5.88 Å². The van der Waals surface area contributed by atoms with E-state index in [1.54, 1.807) is 13.3 Å². The molecule has 0 saturated heterocycles. The molecule has 2 rings (SSSR count). The molecule has 0 aliphatic heterocycles. The maximum atomic E-state index is 5.18. The number of halogens is 1. The summed E-state index contributed by atoms with van der Waals surface area (Å²) in [6.45, 7) is 0. The van der Waals surface area contributed by atoms with Crippen molar-refractivity contribution in [2.45, 2.75) is 37.0 Å². The number of rotatable bonds is 4. The van der Waals surface area contributed by atoms with E-state index in [0.717, 1.165) is 4.47 Å². The second-order valence-corrected chi connectivity index (χ2v) is 6.29. The molecule has 0 amide bonds. The summed E-state index contributed by atoms with van der Waals surface area (Å²) >= 11 is 5.29. The molecule has 0 bridgehead atoms. The predicted octanol–water partition coefficient (Wildman–Crippen LogP) is 3.33. The average molecular weight is 332 g/mol. The van der Waals surface area contributed by atoms with Crippen molar-refractivity contribution in [3.8, 4) is 5.88 Å². The maximum Gasteiger partial charge on any atom is 0.232 e. The number of ether oxygens (including phenoxy) is 1. The largest absolute Gasteiger partial charge is 0.480 e. The van der Waals surface area contributed by atoms with Crippen LogP contribution in [0.3, 0.4) is 0 Å². The first-order chi connectivity index (χ1) is 8.74. The summed E-state index contributed by atoms with van der Waals surface area (Å²) in [5, 5.41) is 4.09. The zero-order valence-electron chi connectivity index (χ0n) is 10.6. The number of hydrogen-bond acceptors (Lipinski definition) is 5. The molecule has 1 fully saturated rings. The van der Waals surface area contributed by atoms with E-state index in [1.165, 1.54) is 25.7 Å². The van der Waals surface area contributed by atoms with Crippen LogP contribution in [-0.2, 0) is 0 Å². The van der Waals surface area contributed by atoms with Gasteiger partial charge in [0.2, 0.25) is 11.8 Å². The monoisotopic (exact) mass is 331 g/mol. The van der Waals surface area contributed by atoms with Crippen molar-refractivity contribution >= 4 is 33.6 Å². The molecule has 0 spiro atoms. The second-order valence-electron chi connectivity index (χ2n) is 4.36. The lowest BCUT2D eigenvalue weighted by atomic mass is 9.95. The fraction of sp³-hybridized carbons (Fsp3) is 0.667. The number of nitrogens with zero attached hydrogens (tertiary/aromatic N) is 2. The zero-order chi connectivity index (χ0) is 13.0. The van der Waals surface area contributed by atoms with Gasteiger partial charge in [0.05, 0.1) is 17.8 Å². The van der Waals surface area contributed by atoms with Crippen LogP contribution in [0, 0.1) is 0 Å². The molecule has 18 heavy (non-hydrogen) atoms. The SMILES string of the molecule is COc1nc(NC2CCCCC2SC)ncc1Br. The third-order valence-electron chi connectivity index (χ3n) is 3.23. The van der Waals surface area contributed by atoms with Gasteiger partial charge < -0.3 is 10.1 Å². The van der Waals surface area contributed by atoms with Gasteiger partial charge in [0.1, 0.15) is 0 Å². The number of thioether (sulfide) groups is 1. The Kier molecular flexibility index (Phi) is 5.12. The van der Waals surface area contributed by atoms with Gasteiger partial charge in [0, 0.05) is 11.3 Å². The van der Waals surface area contributed by atoms with Crippen LogP contribution in [-0.4, -0.2) is 34.6 Å². The zero-order valence-corrected chi connectivity index (χ0v) is 13.1. The molecular weight excluding hydrogens is 314 g/mol. The van der Waals surface area contributed by atoms with Gasteiger partial charge in [-0.25, -0.2) is 4.98 Å². The summed E-state index contributed by atoms with van der Waals surface area (Å²) < 4.78 is 5.96. The maximum absolute atomic E-state index is 5.18. The van der Waals surface area contributed by atoms with Gasteiger partial charge >= 0.3 is 0 Å². The summed E-state index contributed by atoms with van der Waals surface area (Å²) in [6, 6.07) is 0.458. The van der Waals surface area contributed by atoms with E-state index in [0.29, 0.717) is 23.1 Å². The first-order valence-corrected chi connectivity index (χ1v) is 8.18. The molecule has 2 unspecified atom stereocenters. The van der Waals surface area contributed by atoms with Crippen LogP contribution in [0.2, 0.25) is 0 Å². The van der Waals surface area contributed by atoms with Crippen LogP contribution in [0.4, 0.5) is 5.95 Å². The van der Waals surface area contributed by atoms with Gasteiger partial charge in [-0.15, -0.1) is 0 Å². The highest BCUT2D eigenvalue weighted by atomic mass is 79.9. The highest BCUT2D eigenvalue weighted by Crippen LogP contribution is 2.29. The molecule has 1 saturated carbocycles. The minimum absolute atomic E-state index is 0.458. The molecule has 1 N–H and O–H groups in total. The Hall–Kier alpha value is -0.490. The molecule has 6 heteroatoms. The molecule has 1 heterocycles. The first kappa shape index (κ1) is 13.9. The third-order valence-corrected chi connectivity index (χ3v) is 4.94. The molecule has 1 aliphatic rings. The molecule has 1 aromatic rings. The molecular formula is C12H18BrN3OS. The standard InChI is InChI=1S/C12H18BrN3OS/c1-17-11-8(13)7-14-12(16-11)15-9-5-3-4-6-10(9)18-2/h7,9-10H,3-6H2,1-2H3,(H,14,15,16). The Labute approximate surface area is 120 Å². The van der Waals surface area contributed by atoms with E-state index in [2.05, 4.69) is 37.5 Å². The van der Waals surface area contributed by atoms with E-state index in [4.69, 9.17) is 4.74 Å². The molecule has 0 radical (unpaired) electrons. The van der Waals surface area contributed by atoms with Gasteiger partial charge in [0.25, 0.3) is 0 Å². The number of aromatic nitrogens is 2. The lowest BCUT2D eigenvalue weighted by molar-refractivity contribution is 0.393. The Balaban J connectivity index is 2.07. The topological polar surface area (TPSA) is 47.0 Å². The fourth-order valence-corrected chi connectivity index (χ4v) is 3.56. The quantitative estimate of drug-likeness (QED) is 0.916. The van der Waals surface area contributed by atoms with E-state index >= 15 is 0 Å². The van der Waals surface area contributed by atoms with Crippen molar-refractivity contribution in [1.82, 2.24) is 9.97 Å². The first-order valence-electron chi connectivity index (χ1n) is 6.10. The van der Waals surface area contributed by atoms with Gasteiger partial charge in [-0.3, -0.25) is 0 Å².